The number of hydrogen-bond donors (Lipinski definition) is 1. The largest absolute Gasteiger partial charge is 0.507 e. The fraction of sp³-hybridized carbons (Fsp3) is 0.375. The molecule has 0 bridgehead atoms. The summed E-state index contributed by atoms with van der Waals surface area (Å²) in [7, 11) is 1.68. The molecule has 1 aliphatic heterocycles. The Morgan fingerprint density at radius 3 is 2.89 bits per heavy atom. The van der Waals surface area contributed by atoms with Crippen LogP contribution in [-0.2, 0) is 4.84 Å². The van der Waals surface area contributed by atoms with Gasteiger partial charge in [0, 0.05) is 17.4 Å². The summed E-state index contributed by atoms with van der Waals surface area (Å²) in [6.45, 7) is 5.16. The lowest BCUT2D eigenvalue weighted by Gasteiger charge is -2.17. The van der Waals surface area contributed by atoms with Crippen LogP contribution < -0.4 is 5.06 Å². The predicted molar refractivity (Wildman–Crippen MR) is 77.7 cm³/mol. The Labute approximate surface area is 113 Å². The van der Waals surface area contributed by atoms with Crippen LogP contribution in [0.4, 0.5) is 5.69 Å². The minimum atomic E-state index is 0.330. The molecular formula is C16H19NO2. The van der Waals surface area contributed by atoms with Crippen LogP contribution in [-0.4, -0.2) is 18.8 Å². The molecule has 2 aromatic rings. The molecule has 0 saturated carbocycles. The Bertz CT molecular complexity index is 636. The fourth-order valence-electron chi connectivity index (χ4n) is 3.17. The Hall–Kier alpha value is -1.74. The summed E-state index contributed by atoms with van der Waals surface area (Å²) < 4.78 is 0. The molecule has 100 valence electrons. The first-order valence-electron chi connectivity index (χ1n) is 6.74. The molecule has 0 unspecified atom stereocenters. The topological polar surface area (TPSA) is 32.7 Å². The molecule has 0 spiro atoms. The smallest absolute Gasteiger partial charge is 0.125 e. The Kier molecular flexibility index (Phi) is 2.86. The fourth-order valence-corrected chi connectivity index (χ4v) is 3.17. The highest BCUT2D eigenvalue weighted by molar-refractivity contribution is 5.98. The quantitative estimate of drug-likeness (QED) is 0.889. The number of aromatic hydroxyl groups is 1. The van der Waals surface area contributed by atoms with Crippen molar-refractivity contribution in [3.05, 3.63) is 35.4 Å². The van der Waals surface area contributed by atoms with E-state index in [4.69, 9.17) is 4.84 Å². The van der Waals surface area contributed by atoms with E-state index in [1.807, 2.05) is 23.3 Å². The van der Waals surface area contributed by atoms with Crippen LogP contribution in [0.2, 0.25) is 0 Å². The first-order valence-corrected chi connectivity index (χ1v) is 6.74. The van der Waals surface area contributed by atoms with Gasteiger partial charge in [0.05, 0.1) is 19.3 Å². The molecular weight excluding hydrogens is 238 g/mol. The Morgan fingerprint density at radius 1 is 1.42 bits per heavy atom. The molecule has 0 aliphatic carbocycles. The number of benzene rings is 2. The third kappa shape index (κ3) is 1.69. The summed E-state index contributed by atoms with van der Waals surface area (Å²) in [5.41, 5.74) is 3.53. The lowest BCUT2D eigenvalue weighted by atomic mass is 9.90. The van der Waals surface area contributed by atoms with Gasteiger partial charge in [0.25, 0.3) is 0 Å². The van der Waals surface area contributed by atoms with Crippen molar-refractivity contribution >= 4 is 16.5 Å². The van der Waals surface area contributed by atoms with Gasteiger partial charge >= 0.3 is 0 Å². The van der Waals surface area contributed by atoms with Gasteiger partial charge in [-0.2, -0.15) is 0 Å². The molecule has 1 atom stereocenters. The van der Waals surface area contributed by atoms with Crippen LogP contribution in [0.5, 0.6) is 5.75 Å². The zero-order chi connectivity index (χ0) is 13.6. The molecule has 1 heterocycles. The SMILES string of the molecule is CC[C@@H]1CN(OC)c2cc(O)c3cccc(C)c3c21. The number of fused-ring (bicyclic) bond motifs is 3. The summed E-state index contributed by atoms with van der Waals surface area (Å²) >= 11 is 0. The molecule has 1 aliphatic rings. The number of rotatable bonds is 2. The number of nitrogens with zero attached hydrogens (tertiary/aromatic N) is 1. The van der Waals surface area contributed by atoms with E-state index < -0.39 is 0 Å². The first-order chi connectivity index (χ1) is 9.17. The van der Waals surface area contributed by atoms with Gasteiger partial charge in [-0.25, -0.2) is 0 Å². The standard InChI is InChI=1S/C16H19NO2/c1-4-11-9-17(19-3)13-8-14(18)12-7-5-6-10(2)15(12)16(11)13/h5-8,11,18H,4,9H2,1-3H3/t11-/m1/s1. The summed E-state index contributed by atoms with van der Waals surface area (Å²) in [6, 6.07) is 7.91. The number of hydrogen-bond acceptors (Lipinski definition) is 3. The molecule has 0 amide bonds. The lowest BCUT2D eigenvalue weighted by Crippen LogP contribution is -2.19. The van der Waals surface area contributed by atoms with E-state index in [0.29, 0.717) is 11.7 Å². The monoisotopic (exact) mass is 257 g/mol. The van der Waals surface area contributed by atoms with Crippen molar-refractivity contribution in [1.29, 1.82) is 0 Å². The van der Waals surface area contributed by atoms with Gasteiger partial charge in [0.2, 0.25) is 0 Å². The molecule has 3 nitrogen and oxygen atoms in total. The van der Waals surface area contributed by atoms with E-state index in [-0.39, 0.29) is 0 Å². The minimum absolute atomic E-state index is 0.330. The Morgan fingerprint density at radius 2 is 2.21 bits per heavy atom. The summed E-state index contributed by atoms with van der Waals surface area (Å²) in [5.74, 6) is 0.787. The van der Waals surface area contributed by atoms with E-state index in [1.54, 1.807) is 7.11 Å². The van der Waals surface area contributed by atoms with Crippen molar-refractivity contribution < 1.29 is 9.94 Å². The normalized spacial score (nSPS) is 18.1. The number of anilines is 1. The van der Waals surface area contributed by atoms with E-state index in [9.17, 15) is 5.11 Å². The van der Waals surface area contributed by atoms with Crippen molar-refractivity contribution in [2.24, 2.45) is 0 Å². The van der Waals surface area contributed by atoms with Crippen molar-refractivity contribution in [2.75, 3.05) is 18.7 Å². The molecule has 0 radical (unpaired) electrons. The van der Waals surface area contributed by atoms with Crippen molar-refractivity contribution in [3.63, 3.8) is 0 Å². The summed E-state index contributed by atoms with van der Waals surface area (Å²) in [6.07, 6.45) is 1.07. The molecule has 2 aromatic carbocycles. The second-order valence-electron chi connectivity index (χ2n) is 5.17. The van der Waals surface area contributed by atoms with Gasteiger partial charge in [-0.1, -0.05) is 25.1 Å². The second-order valence-corrected chi connectivity index (χ2v) is 5.17. The van der Waals surface area contributed by atoms with Crippen LogP contribution in [0.3, 0.4) is 0 Å². The van der Waals surface area contributed by atoms with E-state index in [1.165, 1.54) is 16.5 Å². The minimum Gasteiger partial charge on any atom is -0.507 e. The van der Waals surface area contributed by atoms with Gasteiger partial charge in [-0.3, -0.25) is 9.90 Å². The number of aryl methyl sites for hydroxylation is 1. The van der Waals surface area contributed by atoms with Gasteiger partial charge in [-0.15, -0.1) is 0 Å². The maximum absolute atomic E-state index is 10.2. The van der Waals surface area contributed by atoms with E-state index >= 15 is 0 Å². The highest BCUT2D eigenvalue weighted by Gasteiger charge is 2.31. The number of phenolic OH excluding ortho intramolecular Hbond substituents is 1. The molecule has 3 heteroatoms. The number of hydroxylamine groups is 1. The second kappa shape index (κ2) is 4.42. The molecule has 0 aromatic heterocycles. The predicted octanol–water partition coefficient (Wildman–Crippen LogP) is 3.73. The summed E-state index contributed by atoms with van der Waals surface area (Å²) in [5, 5.41) is 14.3. The van der Waals surface area contributed by atoms with Crippen molar-refractivity contribution in [3.8, 4) is 5.75 Å². The molecule has 0 saturated heterocycles. The highest BCUT2D eigenvalue weighted by atomic mass is 16.7. The maximum Gasteiger partial charge on any atom is 0.125 e. The van der Waals surface area contributed by atoms with Crippen LogP contribution in [0.1, 0.15) is 30.4 Å². The zero-order valence-corrected chi connectivity index (χ0v) is 11.6. The molecule has 1 N–H and O–H groups in total. The number of phenols is 1. The summed E-state index contributed by atoms with van der Waals surface area (Å²) in [4.78, 5) is 5.44. The van der Waals surface area contributed by atoms with Crippen LogP contribution >= 0.6 is 0 Å². The zero-order valence-electron chi connectivity index (χ0n) is 11.6. The third-order valence-electron chi connectivity index (χ3n) is 4.14. The lowest BCUT2D eigenvalue weighted by molar-refractivity contribution is 0.170. The van der Waals surface area contributed by atoms with Gasteiger partial charge in [-0.05, 0) is 29.9 Å². The van der Waals surface area contributed by atoms with Crippen LogP contribution in [0.25, 0.3) is 10.8 Å². The molecule has 3 rings (SSSR count). The van der Waals surface area contributed by atoms with E-state index in [0.717, 1.165) is 24.0 Å². The average molecular weight is 257 g/mol. The first kappa shape index (κ1) is 12.3. The third-order valence-corrected chi connectivity index (χ3v) is 4.14. The van der Waals surface area contributed by atoms with Gasteiger partial charge in [0.1, 0.15) is 5.75 Å². The van der Waals surface area contributed by atoms with Crippen molar-refractivity contribution in [2.45, 2.75) is 26.2 Å². The van der Waals surface area contributed by atoms with Crippen LogP contribution in [0, 0.1) is 6.92 Å². The Balaban J connectivity index is 2.39. The van der Waals surface area contributed by atoms with Gasteiger partial charge in [0.15, 0.2) is 0 Å². The highest BCUT2D eigenvalue weighted by Crippen LogP contribution is 2.46. The molecule has 19 heavy (non-hydrogen) atoms. The van der Waals surface area contributed by atoms with E-state index in [2.05, 4.69) is 19.9 Å². The van der Waals surface area contributed by atoms with Gasteiger partial charge < -0.3 is 5.11 Å². The van der Waals surface area contributed by atoms with Crippen molar-refractivity contribution in [1.82, 2.24) is 0 Å². The average Bonchev–Trinajstić information content (AvgIpc) is 2.77. The maximum atomic E-state index is 10.2. The molecule has 0 fully saturated rings. The van der Waals surface area contributed by atoms with Crippen LogP contribution in [0.15, 0.2) is 24.3 Å².